The Morgan fingerprint density at radius 3 is 1.97 bits per heavy atom. The van der Waals surface area contributed by atoms with Gasteiger partial charge in [-0.05, 0) is 94.7 Å². The van der Waals surface area contributed by atoms with Crippen LogP contribution in [0.1, 0.15) is 0 Å². The molecule has 0 atom stereocenters. The summed E-state index contributed by atoms with van der Waals surface area (Å²) in [5, 5.41) is 7.00. The first-order valence-corrected chi connectivity index (χ1v) is 20.0. The Morgan fingerprint density at radius 2 is 1.12 bits per heavy atom. The van der Waals surface area contributed by atoms with Crippen molar-refractivity contribution in [1.29, 1.82) is 0 Å². The van der Waals surface area contributed by atoms with Gasteiger partial charge in [0, 0.05) is 64.4 Å². The van der Waals surface area contributed by atoms with E-state index in [1.165, 1.54) is 38.7 Å². The van der Waals surface area contributed by atoms with Crippen LogP contribution in [0.15, 0.2) is 194 Å². The maximum absolute atomic E-state index is 6.73. The summed E-state index contributed by atoms with van der Waals surface area (Å²) in [4.78, 5) is 9.86. The Labute approximate surface area is 341 Å². The molecule has 4 heterocycles. The van der Waals surface area contributed by atoms with Gasteiger partial charge in [0.2, 0.25) is 0 Å². The summed E-state index contributed by atoms with van der Waals surface area (Å²) in [6, 6.07) is 66.8. The standard InChI is InChI=1S/C53H37N5O/c1-55-34-56(49-22-11-10-21-48(49)55)40-19-12-20-41(30-40)59-42-24-25-43-44-28-38(35-13-4-2-5-14-35)23-26-47(44)58(51(43)31-42)53-32-52-46(33-54-53)45-27-36-15-8-9-16-37(36)29-50(45)57(52)39-17-6-3-7-18-39/h2-33H,34H2,1H3. The van der Waals surface area contributed by atoms with E-state index in [2.05, 4.69) is 214 Å². The predicted molar refractivity (Wildman–Crippen MR) is 244 cm³/mol. The van der Waals surface area contributed by atoms with Crippen molar-refractivity contribution < 1.29 is 4.74 Å². The molecule has 59 heavy (non-hydrogen) atoms. The molecule has 0 saturated carbocycles. The van der Waals surface area contributed by atoms with Crippen LogP contribution in [0.2, 0.25) is 0 Å². The van der Waals surface area contributed by atoms with E-state index in [1.807, 2.05) is 6.07 Å². The van der Waals surface area contributed by atoms with Gasteiger partial charge in [-0.15, -0.1) is 0 Å². The number of fused-ring (bicyclic) bond motifs is 8. The van der Waals surface area contributed by atoms with Crippen LogP contribution in [0.3, 0.4) is 0 Å². The molecule has 8 aromatic carbocycles. The molecule has 280 valence electrons. The summed E-state index contributed by atoms with van der Waals surface area (Å²) in [6.45, 7) is 0.775. The molecule has 12 rings (SSSR count). The van der Waals surface area contributed by atoms with E-state index in [9.17, 15) is 0 Å². The number of aromatic nitrogens is 3. The monoisotopic (exact) mass is 759 g/mol. The van der Waals surface area contributed by atoms with E-state index >= 15 is 0 Å². The average molecular weight is 760 g/mol. The highest BCUT2D eigenvalue weighted by Gasteiger charge is 2.24. The van der Waals surface area contributed by atoms with Crippen molar-refractivity contribution in [2.45, 2.75) is 0 Å². The van der Waals surface area contributed by atoms with Crippen molar-refractivity contribution in [3.63, 3.8) is 0 Å². The Balaban J connectivity index is 1.04. The summed E-state index contributed by atoms with van der Waals surface area (Å²) < 4.78 is 11.4. The van der Waals surface area contributed by atoms with Crippen LogP contribution in [0, 0.1) is 0 Å². The van der Waals surface area contributed by atoms with Crippen molar-refractivity contribution in [3.8, 4) is 34.1 Å². The molecule has 0 fully saturated rings. The highest BCUT2D eigenvalue weighted by molar-refractivity contribution is 6.14. The molecule has 11 aromatic rings. The first kappa shape index (κ1) is 33.3. The molecule has 0 radical (unpaired) electrons. The van der Waals surface area contributed by atoms with Gasteiger partial charge in [0.15, 0.2) is 0 Å². The van der Waals surface area contributed by atoms with E-state index in [1.54, 1.807) is 0 Å². The van der Waals surface area contributed by atoms with Crippen molar-refractivity contribution >= 4 is 71.4 Å². The molecule has 0 spiro atoms. The first-order chi connectivity index (χ1) is 29.1. The van der Waals surface area contributed by atoms with Gasteiger partial charge in [-0.3, -0.25) is 4.57 Å². The van der Waals surface area contributed by atoms with Gasteiger partial charge in [-0.1, -0.05) is 97.1 Å². The molecule has 0 amide bonds. The Bertz CT molecular complexity index is 3420. The zero-order chi connectivity index (χ0) is 39.0. The van der Waals surface area contributed by atoms with Crippen LogP contribution in [-0.2, 0) is 0 Å². The lowest BCUT2D eigenvalue weighted by Gasteiger charge is -2.20. The molecule has 0 N–H and O–H groups in total. The van der Waals surface area contributed by atoms with E-state index in [-0.39, 0.29) is 0 Å². The number of benzene rings is 8. The molecule has 6 heteroatoms. The topological polar surface area (TPSA) is 38.5 Å². The van der Waals surface area contributed by atoms with Gasteiger partial charge < -0.3 is 19.1 Å². The van der Waals surface area contributed by atoms with Crippen LogP contribution in [0.5, 0.6) is 11.5 Å². The molecular weight excluding hydrogens is 723 g/mol. The zero-order valence-corrected chi connectivity index (χ0v) is 32.3. The summed E-state index contributed by atoms with van der Waals surface area (Å²) in [6.07, 6.45) is 2.05. The molecule has 1 aliphatic rings. The average Bonchev–Trinajstić information content (AvgIpc) is 3.92. The fourth-order valence-electron chi connectivity index (χ4n) is 9.14. The fourth-order valence-corrected chi connectivity index (χ4v) is 9.14. The number of hydrogen-bond donors (Lipinski definition) is 0. The molecule has 0 aliphatic carbocycles. The minimum atomic E-state index is 0.757. The number of ether oxygens (including phenoxy) is 1. The minimum Gasteiger partial charge on any atom is -0.457 e. The highest BCUT2D eigenvalue weighted by Crippen LogP contribution is 2.42. The van der Waals surface area contributed by atoms with Crippen molar-refractivity contribution in [1.82, 2.24) is 14.1 Å². The van der Waals surface area contributed by atoms with Gasteiger partial charge in [0.05, 0.1) is 40.1 Å². The Hall–Kier alpha value is -7.83. The first-order valence-electron chi connectivity index (χ1n) is 20.0. The second-order valence-electron chi connectivity index (χ2n) is 15.4. The van der Waals surface area contributed by atoms with Gasteiger partial charge in [0.25, 0.3) is 0 Å². The number of anilines is 3. The van der Waals surface area contributed by atoms with E-state index in [0.717, 1.165) is 73.6 Å². The van der Waals surface area contributed by atoms with Gasteiger partial charge in [-0.2, -0.15) is 0 Å². The normalized spacial score (nSPS) is 12.7. The summed E-state index contributed by atoms with van der Waals surface area (Å²) in [5.74, 6) is 2.37. The van der Waals surface area contributed by atoms with Crippen LogP contribution >= 0.6 is 0 Å². The molecule has 1 aliphatic heterocycles. The predicted octanol–water partition coefficient (Wildman–Crippen LogP) is 13.4. The second-order valence-corrected chi connectivity index (χ2v) is 15.4. The maximum atomic E-state index is 6.73. The summed E-state index contributed by atoms with van der Waals surface area (Å²) in [5.41, 5.74) is 11.3. The van der Waals surface area contributed by atoms with Crippen LogP contribution in [-0.4, -0.2) is 27.8 Å². The second kappa shape index (κ2) is 13.1. The summed E-state index contributed by atoms with van der Waals surface area (Å²) >= 11 is 0. The SMILES string of the molecule is CN1CN(c2cccc(Oc3ccc4c5cc(-c6ccccc6)ccc5n(-c5cc6c(cn5)c5cc7ccccc7cc5n6-c5ccccc5)c4c3)c2)c2ccccc21. The number of pyridine rings is 1. The van der Waals surface area contributed by atoms with E-state index < -0.39 is 0 Å². The van der Waals surface area contributed by atoms with Crippen molar-refractivity contribution in [2.24, 2.45) is 0 Å². The lowest BCUT2D eigenvalue weighted by atomic mass is 10.0. The van der Waals surface area contributed by atoms with Crippen LogP contribution in [0.4, 0.5) is 17.1 Å². The third-order valence-electron chi connectivity index (χ3n) is 11.9. The largest absolute Gasteiger partial charge is 0.457 e. The minimum absolute atomic E-state index is 0.757. The molecule has 6 nitrogen and oxygen atoms in total. The Morgan fingerprint density at radius 1 is 0.441 bits per heavy atom. The lowest BCUT2D eigenvalue weighted by molar-refractivity contribution is 0.483. The van der Waals surface area contributed by atoms with Crippen molar-refractivity contribution in [3.05, 3.63) is 194 Å². The van der Waals surface area contributed by atoms with Crippen LogP contribution < -0.4 is 14.5 Å². The van der Waals surface area contributed by atoms with E-state index in [0.29, 0.717) is 0 Å². The number of hydrogen-bond acceptors (Lipinski definition) is 4. The van der Waals surface area contributed by atoms with Crippen LogP contribution in [0.25, 0.3) is 77.0 Å². The van der Waals surface area contributed by atoms with Crippen molar-refractivity contribution in [2.75, 3.05) is 23.5 Å². The fraction of sp³-hybridized carbons (Fsp3) is 0.0377. The molecule has 3 aromatic heterocycles. The summed E-state index contributed by atoms with van der Waals surface area (Å²) in [7, 11) is 2.13. The van der Waals surface area contributed by atoms with Gasteiger partial charge >= 0.3 is 0 Å². The third-order valence-corrected chi connectivity index (χ3v) is 11.9. The zero-order valence-electron chi connectivity index (χ0n) is 32.3. The number of para-hydroxylation sites is 3. The number of rotatable bonds is 6. The Kier molecular flexibility index (Phi) is 7.41. The third kappa shape index (κ3) is 5.37. The highest BCUT2D eigenvalue weighted by atomic mass is 16.5. The van der Waals surface area contributed by atoms with Gasteiger partial charge in [-0.25, -0.2) is 4.98 Å². The smallest absolute Gasteiger partial charge is 0.139 e. The maximum Gasteiger partial charge on any atom is 0.139 e. The quantitative estimate of drug-likeness (QED) is 0.169. The number of nitrogens with zero attached hydrogens (tertiary/aromatic N) is 5. The molecule has 0 bridgehead atoms. The molecular formula is C53H37N5O. The van der Waals surface area contributed by atoms with Gasteiger partial charge in [0.1, 0.15) is 17.3 Å². The lowest BCUT2D eigenvalue weighted by Crippen LogP contribution is -2.23. The molecule has 0 unspecified atom stereocenters. The molecule has 0 saturated heterocycles. The van der Waals surface area contributed by atoms with E-state index in [4.69, 9.17) is 9.72 Å².